The lowest BCUT2D eigenvalue weighted by Gasteiger charge is -2.57. The van der Waals surface area contributed by atoms with Crippen LogP contribution in [0.15, 0.2) is 24.3 Å². The number of nitrogens with one attached hydrogen (secondary N) is 2. The summed E-state index contributed by atoms with van der Waals surface area (Å²) in [4.78, 5) is 24.0. The highest BCUT2D eigenvalue weighted by atomic mass is 35.5. The maximum atomic E-state index is 12.2. The van der Waals surface area contributed by atoms with Gasteiger partial charge < -0.3 is 39.1 Å². The van der Waals surface area contributed by atoms with Crippen molar-refractivity contribution in [3.05, 3.63) is 29.8 Å². The molecule has 4 aliphatic rings. The van der Waals surface area contributed by atoms with E-state index in [1.807, 2.05) is 12.1 Å². The summed E-state index contributed by atoms with van der Waals surface area (Å²) < 4.78 is 33.0. The third kappa shape index (κ3) is 14.2. The Hall–Kier alpha value is -1.95. The number of unbranched alkanes of at least 4 members (excludes halogenated alkanes) is 3. The summed E-state index contributed by atoms with van der Waals surface area (Å²) in [6, 6.07) is 8.50. The van der Waals surface area contributed by atoms with Crippen molar-refractivity contribution in [2.45, 2.75) is 69.6 Å². The number of amides is 2. The third-order valence-corrected chi connectivity index (χ3v) is 9.80. The normalized spacial score (nSPS) is 22.8. The van der Waals surface area contributed by atoms with Gasteiger partial charge >= 0.3 is 0 Å². The Morgan fingerprint density at radius 3 is 1.68 bits per heavy atom. The highest BCUT2D eigenvalue weighted by Crippen LogP contribution is 2.60. The number of rotatable bonds is 27. The molecule has 1 aromatic rings. The molecular formula is C36H57ClN2O8. The zero-order valence-corrected chi connectivity index (χ0v) is 28.9. The number of hydrogen-bond donors (Lipinski definition) is 2. The number of alkyl halides is 1. The van der Waals surface area contributed by atoms with E-state index in [2.05, 4.69) is 22.8 Å². The molecule has 4 saturated carbocycles. The average Bonchev–Trinajstić information content (AvgIpc) is 3.06. The molecule has 2 amide bonds. The molecule has 0 heterocycles. The molecule has 4 fully saturated rings. The molecule has 0 atom stereocenters. The van der Waals surface area contributed by atoms with Gasteiger partial charge in [-0.15, -0.1) is 11.6 Å². The second-order valence-electron chi connectivity index (χ2n) is 13.3. The van der Waals surface area contributed by atoms with Gasteiger partial charge in [0.2, 0.25) is 5.91 Å². The summed E-state index contributed by atoms with van der Waals surface area (Å²) >= 11 is 5.65. The number of hydrogen-bond acceptors (Lipinski definition) is 8. The van der Waals surface area contributed by atoms with E-state index in [-0.39, 0.29) is 25.0 Å². The van der Waals surface area contributed by atoms with Crippen LogP contribution in [0.3, 0.4) is 0 Å². The van der Waals surface area contributed by atoms with Gasteiger partial charge in [-0.25, -0.2) is 0 Å². The molecular weight excluding hydrogens is 624 g/mol. The maximum absolute atomic E-state index is 12.2. The Kier molecular flexibility index (Phi) is 17.6. The van der Waals surface area contributed by atoms with Crippen LogP contribution in [0.1, 0.15) is 69.8 Å². The number of carbonyl (C=O) groups is 2. The molecule has 0 radical (unpaired) electrons. The SMILES string of the molecule is O=C(COCCOCCOCCNC(=O)COc1ccc(C23CC4CC(CC(C4)C2)C3)cc1)NCCOCCOCCCCCCCl. The van der Waals surface area contributed by atoms with Crippen molar-refractivity contribution in [2.75, 3.05) is 91.6 Å². The minimum Gasteiger partial charge on any atom is -0.484 e. The highest BCUT2D eigenvalue weighted by molar-refractivity contribution is 6.17. The van der Waals surface area contributed by atoms with Crippen molar-refractivity contribution in [3.8, 4) is 5.75 Å². The second kappa shape index (κ2) is 21.9. The van der Waals surface area contributed by atoms with Crippen LogP contribution in [0.4, 0.5) is 0 Å². The lowest BCUT2D eigenvalue weighted by molar-refractivity contribution is -0.126. The zero-order chi connectivity index (χ0) is 33.0. The summed E-state index contributed by atoms with van der Waals surface area (Å²) in [7, 11) is 0. The molecule has 4 bridgehead atoms. The number of halogens is 1. The molecule has 47 heavy (non-hydrogen) atoms. The molecule has 10 nitrogen and oxygen atoms in total. The minimum atomic E-state index is -0.192. The van der Waals surface area contributed by atoms with Crippen molar-refractivity contribution in [1.29, 1.82) is 0 Å². The van der Waals surface area contributed by atoms with Crippen molar-refractivity contribution >= 4 is 23.4 Å². The van der Waals surface area contributed by atoms with E-state index in [1.54, 1.807) is 0 Å². The summed E-state index contributed by atoms with van der Waals surface area (Å²) in [6.07, 6.45) is 12.7. The molecule has 0 saturated heterocycles. The molecule has 0 aromatic heterocycles. The first-order valence-electron chi connectivity index (χ1n) is 17.8. The molecule has 0 aliphatic heterocycles. The number of benzene rings is 1. The van der Waals surface area contributed by atoms with Gasteiger partial charge in [0.05, 0.1) is 52.9 Å². The Morgan fingerprint density at radius 1 is 0.617 bits per heavy atom. The molecule has 11 heteroatoms. The Morgan fingerprint density at radius 2 is 1.11 bits per heavy atom. The second-order valence-corrected chi connectivity index (χ2v) is 13.7. The fraction of sp³-hybridized carbons (Fsp3) is 0.778. The van der Waals surface area contributed by atoms with Crippen molar-refractivity contribution < 1.29 is 38.0 Å². The van der Waals surface area contributed by atoms with Crippen LogP contribution < -0.4 is 15.4 Å². The monoisotopic (exact) mass is 680 g/mol. The van der Waals surface area contributed by atoms with Gasteiger partial charge in [-0.3, -0.25) is 9.59 Å². The Labute approximate surface area is 286 Å². The average molecular weight is 681 g/mol. The van der Waals surface area contributed by atoms with Gasteiger partial charge in [-0.05, 0) is 92.2 Å². The third-order valence-electron chi connectivity index (χ3n) is 9.53. The lowest BCUT2D eigenvalue weighted by atomic mass is 9.48. The van der Waals surface area contributed by atoms with Gasteiger partial charge in [-0.1, -0.05) is 25.0 Å². The predicted octanol–water partition coefficient (Wildman–Crippen LogP) is 4.65. The lowest BCUT2D eigenvalue weighted by Crippen LogP contribution is -2.48. The summed E-state index contributed by atoms with van der Waals surface area (Å²) in [5, 5.41) is 5.57. The van der Waals surface area contributed by atoms with Gasteiger partial charge in [0.15, 0.2) is 6.61 Å². The van der Waals surface area contributed by atoms with Crippen molar-refractivity contribution in [1.82, 2.24) is 10.6 Å². The van der Waals surface area contributed by atoms with Crippen LogP contribution in [-0.2, 0) is 38.7 Å². The topological polar surface area (TPSA) is 114 Å². The van der Waals surface area contributed by atoms with Gasteiger partial charge in [0.1, 0.15) is 12.4 Å². The van der Waals surface area contributed by atoms with Crippen LogP contribution in [0.25, 0.3) is 0 Å². The summed E-state index contributed by atoms with van der Waals surface area (Å²) in [5.41, 5.74) is 1.83. The maximum Gasteiger partial charge on any atom is 0.258 e. The molecule has 4 aliphatic carbocycles. The van der Waals surface area contributed by atoms with E-state index in [9.17, 15) is 9.59 Å². The van der Waals surface area contributed by atoms with Crippen LogP contribution in [0.5, 0.6) is 5.75 Å². The highest BCUT2D eigenvalue weighted by Gasteiger charge is 2.51. The quantitative estimate of drug-likeness (QED) is 0.102. The van der Waals surface area contributed by atoms with Gasteiger partial charge in [0.25, 0.3) is 5.91 Å². The van der Waals surface area contributed by atoms with Crippen LogP contribution >= 0.6 is 11.6 Å². The van der Waals surface area contributed by atoms with E-state index in [4.69, 9.17) is 40.0 Å². The minimum absolute atomic E-state index is 0.0162. The smallest absolute Gasteiger partial charge is 0.258 e. The first-order chi connectivity index (χ1) is 23.1. The molecule has 266 valence electrons. The molecule has 0 unspecified atom stereocenters. The van der Waals surface area contributed by atoms with Crippen LogP contribution in [0, 0.1) is 17.8 Å². The van der Waals surface area contributed by atoms with E-state index < -0.39 is 0 Å². The molecule has 1 aromatic carbocycles. The molecule has 5 rings (SSSR count). The zero-order valence-electron chi connectivity index (χ0n) is 28.2. The van der Waals surface area contributed by atoms with Gasteiger partial charge in [0, 0.05) is 25.6 Å². The van der Waals surface area contributed by atoms with E-state index >= 15 is 0 Å². The Bertz CT molecular complexity index is 991. The van der Waals surface area contributed by atoms with Crippen molar-refractivity contribution in [3.63, 3.8) is 0 Å². The molecule has 2 N–H and O–H groups in total. The predicted molar refractivity (Wildman–Crippen MR) is 181 cm³/mol. The summed E-state index contributed by atoms with van der Waals surface area (Å²) in [5.74, 6) is 3.85. The number of carbonyl (C=O) groups excluding carboxylic acids is 2. The van der Waals surface area contributed by atoms with E-state index in [0.29, 0.717) is 71.4 Å². The van der Waals surface area contributed by atoms with E-state index in [0.717, 1.165) is 61.7 Å². The first-order valence-corrected chi connectivity index (χ1v) is 18.3. The Balaban J connectivity index is 0.880. The molecule has 0 spiro atoms. The number of ether oxygens (including phenoxy) is 6. The first kappa shape index (κ1) is 37.9. The largest absolute Gasteiger partial charge is 0.484 e. The van der Waals surface area contributed by atoms with Crippen molar-refractivity contribution in [2.24, 2.45) is 17.8 Å². The summed E-state index contributed by atoms with van der Waals surface area (Å²) in [6.45, 7) is 4.90. The van der Waals surface area contributed by atoms with Crippen LogP contribution in [0.2, 0.25) is 0 Å². The standard InChI is InChI=1S/C36H57ClN2O8/c37-9-3-1-2-4-12-42-15-16-43-13-10-38-34(40)27-46-20-19-45-18-17-44-14-11-39-35(41)28-47-33-7-5-32(6-8-33)36-24-29-21-30(25-36)23-31(22-29)26-36/h5-8,29-31H,1-4,9-28H2,(H,38,40)(H,39,41). The van der Waals surface area contributed by atoms with Gasteiger partial charge in [-0.2, -0.15) is 0 Å². The fourth-order valence-corrected chi connectivity index (χ4v) is 7.91. The van der Waals surface area contributed by atoms with Crippen LogP contribution in [-0.4, -0.2) is 103 Å². The van der Waals surface area contributed by atoms with E-state index in [1.165, 1.54) is 44.1 Å². The fourth-order valence-electron chi connectivity index (χ4n) is 7.72.